The Kier molecular flexibility index (Phi) is 7.73. The van der Waals surface area contributed by atoms with Crippen LogP contribution in [0.25, 0.3) is 0 Å². The summed E-state index contributed by atoms with van der Waals surface area (Å²) in [6.45, 7) is 4.40. The van der Waals surface area contributed by atoms with Crippen LogP contribution in [-0.2, 0) is 9.53 Å². The van der Waals surface area contributed by atoms with Crippen LogP contribution in [-0.4, -0.2) is 11.4 Å². The molecule has 0 aliphatic carbocycles. The Morgan fingerprint density at radius 3 is 2.26 bits per heavy atom. The highest BCUT2D eigenvalue weighted by Crippen LogP contribution is 2.39. The van der Waals surface area contributed by atoms with E-state index in [9.17, 15) is 4.79 Å². The number of hydrogen-bond donors (Lipinski definition) is 0. The minimum Gasteiger partial charge on any atom is -0.443 e. The fourth-order valence-electron chi connectivity index (χ4n) is 2.88. The largest absolute Gasteiger partial charge is 0.443 e. The van der Waals surface area contributed by atoms with Crippen LogP contribution in [0.4, 0.5) is 0 Å². The minimum absolute atomic E-state index is 0.0824. The van der Waals surface area contributed by atoms with Gasteiger partial charge in [0.15, 0.2) is 5.44 Å². The van der Waals surface area contributed by atoms with Crippen molar-refractivity contribution < 1.29 is 9.53 Å². The molecule has 1 aromatic carbocycles. The molecule has 1 aliphatic rings. The van der Waals surface area contributed by atoms with Gasteiger partial charge in [0.05, 0.1) is 0 Å². The zero-order valence-corrected chi connectivity index (χ0v) is 15.2. The van der Waals surface area contributed by atoms with E-state index in [-0.39, 0.29) is 11.4 Å². The zero-order chi connectivity index (χ0) is 16.5. The maximum atomic E-state index is 12.3. The number of ether oxygens (including phenoxy) is 1. The molecule has 2 nitrogen and oxygen atoms in total. The molecule has 0 saturated heterocycles. The molecule has 0 radical (unpaired) electrons. The Morgan fingerprint density at radius 1 is 0.957 bits per heavy atom. The van der Waals surface area contributed by atoms with Crippen LogP contribution >= 0.6 is 11.8 Å². The number of cyclic esters (lactones) is 1. The molecule has 23 heavy (non-hydrogen) atoms. The van der Waals surface area contributed by atoms with Gasteiger partial charge in [0, 0.05) is 10.5 Å². The molecule has 126 valence electrons. The van der Waals surface area contributed by atoms with E-state index in [4.69, 9.17) is 4.74 Å². The van der Waals surface area contributed by atoms with Crippen LogP contribution in [0, 0.1) is 0 Å². The average Bonchev–Trinajstić information content (AvgIpc) is 2.84. The SMILES string of the molecule is CCCCCC1=C(CCCCC)C(Sc2ccccc2)OC1=O. The van der Waals surface area contributed by atoms with Gasteiger partial charge in [-0.3, -0.25) is 0 Å². The number of esters is 1. The van der Waals surface area contributed by atoms with Crippen molar-refractivity contribution >= 4 is 17.7 Å². The highest BCUT2D eigenvalue weighted by Gasteiger charge is 2.33. The first-order valence-electron chi connectivity index (χ1n) is 8.90. The Morgan fingerprint density at radius 2 is 1.61 bits per heavy atom. The van der Waals surface area contributed by atoms with Gasteiger partial charge in [0.2, 0.25) is 0 Å². The number of unbranched alkanes of at least 4 members (excludes halogenated alkanes) is 4. The first-order chi connectivity index (χ1) is 11.3. The second-order valence-corrected chi connectivity index (χ2v) is 7.22. The zero-order valence-electron chi connectivity index (χ0n) is 14.3. The maximum absolute atomic E-state index is 12.3. The van der Waals surface area contributed by atoms with Gasteiger partial charge in [-0.25, -0.2) is 4.79 Å². The quantitative estimate of drug-likeness (QED) is 0.381. The van der Waals surface area contributed by atoms with E-state index < -0.39 is 0 Å². The Bertz CT molecular complexity index is 522. The third-order valence-corrected chi connectivity index (χ3v) is 5.34. The molecule has 0 saturated carbocycles. The van der Waals surface area contributed by atoms with Crippen molar-refractivity contribution in [1.29, 1.82) is 0 Å². The summed E-state index contributed by atoms with van der Waals surface area (Å²) in [6.07, 6.45) is 8.86. The molecule has 0 fully saturated rings. The second-order valence-electron chi connectivity index (χ2n) is 6.09. The summed E-state index contributed by atoms with van der Waals surface area (Å²) in [7, 11) is 0. The van der Waals surface area contributed by atoms with Crippen molar-refractivity contribution in [2.75, 3.05) is 0 Å². The smallest absolute Gasteiger partial charge is 0.335 e. The van der Waals surface area contributed by atoms with Gasteiger partial charge in [0.1, 0.15) is 0 Å². The lowest BCUT2D eigenvalue weighted by atomic mass is 9.99. The summed E-state index contributed by atoms with van der Waals surface area (Å²) in [5.74, 6) is -0.0824. The van der Waals surface area contributed by atoms with Crippen LogP contribution < -0.4 is 0 Å². The minimum atomic E-state index is -0.126. The van der Waals surface area contributed by atoms with Gasteiger partial charge in [-0.1, -0.05) is 69.5 Å². The Labute approximate surface area is 144 Å². The van der Waals surface area contributed by atoms with Gasteiger partial charge >= 0.3 is 5.97 Å². The van der Waals surface area contributed by atoms with E-state index in [1.807, 2.05) is 18.2 Å². The molecule has 1 atom stereocenters. The van der Waals surface area contributed by atoms with Crippen molar-refractivity contribution in [2.24, 2.45) is 0 Å². The molecule has 1 aromatic rings. The third kappa shape index (κ3) is 5.42. The van der Waals surface area contributed by atoms with Gasteiger partial charge in [-0.05, 0) is 43.4 Å². The summed E-state index contributed by atoms with van der Waals surface area (Å²) in [5.41, 5.74) is 2.08. The van der Waals surface area contributed by atoms with Crippen LogP contribution in [0.3, 0.4) is 0 Å². The average molecular weight is 333 g/mol. The molecule has 0 amide bonds. The van der Waals surface area contributed by atoms with E-state index in [1.165, 1.54) is 31.3 Å². The number of thioether (sulfide) groups is 1. The predicted molar refractivity (Wildman–Crippen MR) is 97.5 cm³/mol. The van der Waals surface area contributed by atoms with E-state index in [1.54, 1.807) is 11.8 Å². The molecule has 0 N–H and O–H groups in total. The van der Waals surface area contributed by atoms with Crippen molar-refractivity contribution in [3.63, 3.8) is 0 Å². The normalized spacial score (nSPS) is 17.7. The predicted octanol–water partition coefficient (Wildman–Crippen LogP) is 6.12. The first kappa shape index (κ1) is 18.1. The van der Waals surface area contributed by atoms with E-state index >= 15 is 0 Å². The van der Waals surface area contributed by atoms with Crippen LogP contribution in [0.15, 0.2) is 46.4 Å². The molecule has 3 heteroatoms. The number of carbonyl (C=O) groups is 1. The fourth-order valence-corrected chi connectivity index (χ4v) is 3.98. The summed E-state index contributed by atoms with van der Waals surface area (Å²) in [4.78, 5) is 13.5. The van der Waals surface area contributed by atoms with Gasteiger partial charge in [0.25, 0.3) is 0 Å². The number of benzene rings is 1. The molecule has 0 bridgehead atoms. The van der Waals surface area contributed by atoms with Crippen molar-refractivity contribution in [1.82, 2.24) is 0 Å². The molecule has 2 rings (SSSR count). The third-order valence-electron chi connectivity index (χ3n) is 4.20. The Hall–Kier alpha value is -1.22. The van der Waals surface area contributed by atoms with E-state index in [0.29, 0.717) is 0 Å². The molecule has 1 heterocycles. The lowest BCUT2D eigenvalue weighted by Gasteiger charge is -2.14. The van der Waals surface area contributed by atoms with E-state index in [2.05, 4.69) is 26.0 Å². The van der Waals surface area contributed by atoms with Crippen molar-refractivity contribution in [2.45, 2.75) is 75.5 Å². The molecule has 0 spiro atoms. The molecule has 1 aliphatic heterocycles. The first-order valence-corrected chi connectivity index (χ1v) is 9.78. The summed E-state index contributed by atoms with van der Waals surface area (Å²) in [6, 6.07) is 10.2. The van der Waals surface area contributed by atoms with Crippen molar-refractivity contribution in [3.05, 3.63) is 41.5 Å². The lowest BCUT2D eigenvalue weighted by molar-refractivity contribution is -0.137. The summed E-state index contributed by atoms with van der Waals surface area (Å²) >= 11 is 1.66. The van der Waals surface area contributed by atoms with Crippen LogP contribution in [0.2, 0.25) is 0 Å². The van der Waals surface area contributed by atoms with Gasteiger partial charge in [-0.15, -0.1) is 0 Å². The van der Waals surface area contributed by atoms with E-state index in [0.717, 1.165) is 36.2 Å². The maximum Gasteiger partial charge on any atom is 0.335 e. The molecular weight excluding hydrogens is 304 g/mol. The van der Waals surface area contributed by atoms with Crippen LogP contribution in [0.5, 0.6) is 0 Å². The fraction of sp³-hybridized carbons (Fsp3) is 0.550. The number of hydrogen-bond acceptors (Lipinski definition) is 3. The second kappa shape index (κ2) is 9.82. The molecular formula is C20H28O2S. The summed E-state index contributed by atoms with van der Waals surface area (Å²) in [5, 5.41) is 0. The highest BCUT2D eigenvalue weighted by atomic mass is 32.2. The molecule has 1 unspecified atom stereocenters. The van der Waals surface area contributed by atoms with Gasteiger partial charge < -0.3 is 4.74 Å². The topological polar surface area (TPSA) is 26.3 Å². The lowest BCUT2D eigenvalue weighted by Crippen LogP contribution is -2.07. The molecule has 0 aromatic heterocycles. The highest BCUT2D eigenvalue weighted by molar-refractivity contribution is 8.00. The Balaban J connectivity index is 2.10. The van der Waals surface area contributed by atoms with Gasteiger partial charge in [-0.2, -0.15) is 0 Å². The summed E-state index contributed by atoms with van der Waals surface area (Å²) < 4.78 is 5.70. The number of carbonyl (C=O) groups excluding carboxylic acids is 1. The van der Waals surface area contributed by atoms with Crippen LogP contribution in [0.1, 0.15) is 65.2 Å². The number of rotatable bonds is 10. The monoisotopic (exact) mass is 332 g/mol. The van der Waals surface area contributed by atoms with Crippen molar-refractivity contribution in [3.8, 4) is 0 Å². The standard InChI is InChI=1S/C20H28O2S/c1-3-5-8-14-17-18(15-9-6-4-2)20(22-19(17)21)23-16-12-10-7-11-13-16/h7,10-13,20H,3-6,8-9,14-15H2,1-2H3.